The first-order chi connectivity index (χ1) is 11.2. The van der Waals surface area contributed by atoms with Crippen LogP contribution < -0.4 is 0 Å². The van der Waals surface area contributed by atoms with E-state index in [0.717, 1.165) is 38.3 Å². The van der Waals surface area contributed by atoms with Crippen LogP contribution in [0.3, 0.4) is 0 Å². The highest BCUT2D eigenvalue weighted by atomic mass is 16.5. The molecule has 0 spiro atoms. The molecule has 3 rings (SSSR count). The molecule has 23 heavy (non-hydrogen) atoms. The zero-order chi connectivity index (χ0) is 16.2. The van der Waals surface area contributed by atoms with E-state index in [1.807, 2.05) is 18.2 Å². The lowest BCUT2D eigenvalue weighted by Crippen LogP contribution is -2.47. The molecular weight excluding hydrogens is 286 g/mol. The number of hydrogen-bond donors (Lipinski definition) is 0. The first-order valence-electron chi connectivity index (χ1n) is 8.73. The molecule has 1 aromatic rings. The number of ether oxygens (including phenoxy) is 1. The summed E-state index contributed by atoms with van der Waals surface area (Å²) in [5, 5.41) is 9.03. The average molecular weight is 313 g/mol. The van der Waals surface area contributed by atoms with Gasteiger partial charge >= 0.3 is 0 Å². The molecule has 0 aromatic heterocycles. The summed E-state index contributed by atoms with van der Waals surface area (Å²) in [4.78, 5) is 5.03. The predicted molar refractivity (Wildman–Crippen MR) is 91.0 cm³/mol. The fraction of sp³-hybridized carbons (Fsp3) is 0.632. The van der Waals surface area contributed by atoms with Crippen molar-refractivity contribution in [1.29, 1.82) is 5.26 Å². The summed E-state index contributed by atoms with van der Waals surface area (Å²) in [5.74, 6) is 0.654. The van der Waals surface area contributed by atoms with E-state index in [-0.39, 0.29) is 0 Å². The van der Waals surface area contributed by atoms with Gasteiger partial charge in [-0.15, -0.1) is 0 Å². The molecule has 124 valence electrons. The zero-order valence-corrected chi connectivity index (χ0v) is 14.2. The molecule has 1 aromatic carbocycles. The number of rotatable bonds is 3. The molecule has 2 heterocycles. The van der Waals surface area contributed by atoms with Crippen LogP contribution in [0.4, 0.5) is 0 Å². The van der Waals surface area contributed by atoms with Crippen molar-refractivity contribution in [2.75, 3.05) is 32.8 Å². The summed E-state index contributed by atoms with van der Waals surface area (Å²) in [6.07, 6.45) is 1.55. The molecule has 4 heteroatoms. The number of nitriles is 1. The van der Waals surface area contributed by atoms with Gasteiger partial charge in [0.25, 0.3) is 0 Å². The number of piperidine rings is 1. The SMILES string of the molecule is CC(C)N1CCO[C@H]2CN(Cc3cccc(C#N)c3)CC[C@H]2C1. The van der Waals surface area contributed by atoms with Gasteiger partial charge in [-0.05, 0) is 44.5 Å². The van der Waals surface area contributed by atoms with Crippen LogP contribution in [0.2, 0.25) is 0 Å². The van der Waals surface area contributed by atoms with E-state index in [2.05, 4.69) is 35.8 Å². The van der Waals surface area contributed by atoms with Gasteiger partial charge in [0.05, 0.1) is 24.3 Å². The molecule has 0 unspecified atom stereocenters. The molecule has 2 atom stereocenters. The molecule has 0 aliphatic carbocycles. The van der Waals surface area contributed by atoms with Gasteiger partial charge in [-0.3, -0.25) is 9.80 Å². The Balaban J connectivity index is 1.60. The van der Waals surface area contributed by atoms with Crippen molar-refractivity contribution >= 4 is 0 Å². The molecule has 2 saturated heterocycles. The quantitative estimate of drug-likeness (QED) is 0.859. The summed E-state index contributed by atoms with van der Waals surface area (Å²) in [5.41, 5.74) is 1.97. The smallest absolute Gasteiger partial charge is 0.0991 e. The monoisotopic (exact) mass is 313 g/mol. The fourth-order valence-electron chi connectivity index (χ4n) is 3.75. The third-order valence-corrected chi connectivity index (χ3v) is 5.15. The van der Waals surface area contributed by atoms with Crippen molar-refractivity contribution in [3.63, 3.8) is 0 Å². The maximum atomic E-state index is 9.03. The molecular formula is C19H27N3O. The van der Waals surface area contributed by atoms with Gasteiger partial charge in [0, 0.05) is 38.1 Å². The lowest BCUT2D eigenvalue weighted by molar-refractivity contribution is -0.0242. The lowest BCUT2D eigenvalue weighted by Gasteiger charge is -2.38. The summed E-state index contributed by atoms with van der Waals surface area (Å²) >= 11 is 0. The van der Waals surface area contributed by atoms with Crippen LogP contribution in [-0.4, -0.2) is 54.7 Å². The van der Waals surface area contributed by atoms with Crippen LogP contribution in [-0.2, 0) is 11.3 Å². The van der Waals surface area contributed by atoms with Crippen LogP contribution in [0.1, 0.15) is 31.4 Å². The predicted octanol–water partition coefficient (Wildman–Crippen LogP) is 2.49. The Morgan fingerprint density at radius 1 is 1.30 bits per heavy atom. The van der Waals surface area contributed by atoms with Gasteiger partial charge in [-0.2, -0.15) is 5.26 Å². The Morgan fingerprint density at radius 3 is 2.96 bits per heavy atom. The Kier molecular flexibility index (Phi) is 5.32. The van der Waals surface area contributed by atoms with E-state index in [0.29, 0.717) is 18.1 Å². The molecule has 2 aliphatic heterocycles. The Bertz CT molecular complexity index is 566. The number of fused-ring (bicyclic) bond motifs is 1. The Labute approximate surface area is 139 Å². The zero-order valence-electron chi connectivity index (χ0n) is 14.2. The van der Waals surface area contributed by atoms with Gasteiger partial charge in [-0.1, -0.05) is 12.1 Å². The van der Waals surface area contributed by atoms with Crippen molar-refractivity contribution in [1.82, 2.24) is 9.80 Å². The summed E-state index contributed by atoms with van der Waals surface area (Å²) in [6, 6.07) is 10.8. The van der Waals surface area contributed by atoms with Crippen LogP contribution in [0, 0.1) is 17.2 Å². The molecule has 4 nitrogen and oxygen atoms in total. The van der Waals surface area contributed by atoms with E-state index in [1.165, 1.54) is 18.5 Å². The highest BCUT2D eigenvalue weighted by molar-refractivity contribution is 5.32. The van der Waals surface area contributed by atoms with E-state index in [1.54, 1.807) is 0 Å². The van der Waals surface area contributed by atoms with E-state index in [9.17, 15) is 0 Å². The second-order valence-corrected chi connectivity index (χ2v) is 7.09. The lowest BCUT2D eigenvalue weighted by atomic mass is 9.92. The highest BCUT2D eigenvalue weighted by Gasteiger charge is 2.33. The molecule has 0 amide bonds. The van der Waals surface area contributed by atoms with Crippen molar-refractivity contribution in [2.45, 2.75) is 39.0 Å². The van der Waals surface area contributed by atoms with Crippen molar-refractivity contribution in [2.24, 2.45) is 5.92 Å². The standard InChI is InChI=1S/C19H27N3O/c1-15(2)22-8-9-23-19-14-21(7-6-18(19)13-22)12-17-5-3-4-16(10-17)11-20/h3-5,10,15,18-19H,6-9,12-14H2,1-2H3/t18-,19-/m0/s1. The van der Waals surface area contributed by atoms with Gasteiger partial charge in [0.15, 0.2) is 0 Å². The largest absolute Gasteiger partial charge is 0.375 e. The molecule has 0 bridgehead atoms. The third kappa shape index (κ3) is 4.11. The molecule has 2 fully saturated rings. The minimum atomic E-state index is 0.353. The average Bonchev–Trinajstić information content (AvgIpc) is 2.77. The van der Waals surface area contributed by atoms with Gasteiger partial charge in [0.2, 0.25) is 0 Å². The molecule has 2 aliphatic rings. The van der Waals surface area contributed by atoms with Crippen LogP contribution in [0.5, 0.6) is 0 Å². The second-order valence-electron chi connectivity index (χ2n) is 7.09. The second kappa shape index (κ2) is 7.44. The third-order valence-electron chi connectivity index (χ3n) is 5.15. The minimum Gasteiger partial charge on any atom is -0.375 e. The molecule has 0 radical (unpaired) electrons. The van der Waals surface area contributed by atoms with E-state index < -0.39 is 0 Å². The van der Waals surface area contributed by atoms with Crippen LogP contribution in [0.25, 0.3) is 0 Å². The van der Waals surface area contributed by atoms with Crippen molar-refractivity contribution in [3.8, 4) is 6.07 Å². The number of hydrogen-bond acceptors (Lipinski definition) is 4. The summed E-state index contributed by atoms with van der Waals surface area (Å²) in [7, 11) is 0. The summed E-state index contributed by atoms with van der Waals surface area (Å²) < 4.78 is 6.16. The molecule has 0 saturated carbocycles. The fourth-order valence-corrected chi connectivity index (χ4v) is 3.75. The van der Waals surface area contributed by atoms with Gasteiger partial charge in [-0.25, -0.2) is 0 Å². The highest BCUT2D eigenvalue weighted by Crippen LogP contribution is 2.26. The summed E-state index contributed by atoms with van der Waals surface area (Å²) in [6.45, 7) is 10.7. The Morgan fingerprint density at radius 2 is 2.17 bits per heavy atom. The maximum Gasteiger partial charge on any atom is 0.0991 e. The number of nitrogens with zero attached hydrogens (tertiary/aromatic N) is 3. The first kappa shape index (κ1) is 16.4. The molecule has 0 N–H and O–H groups in total. The number of likely N-dealkylation sites (tertiary alicyclic amines) is 1. The normalized spacial score (nSPS) is 26.5. The van der Waals surface area contributed by atoms with Crippen molar-refractivity contribution < 1.29 is 4.74 Å². The number of benzene rings is 1. The first-order valence-corrected chi connectivity index (χ1v) is 8.73. The minimum absolute atomic E-state index is 0.353. The maximum absolute atomic E-state index is 9.03. The van der Waals surface area contributed by atoms with Gasteiger partial charge < -0.3 is 4.74 Å². The van der Waals surface area contributed by atoms with Crippen molar-refractivity contribution in [3.05, 3.63) is 35.4 Å². The van der Waals surface area contributed by atoms with Crippen LogP contribution >= 0.6 is 0 Å². The van der Waals surface area contributed by atoms with E-state index >= 15 is 0 Å². The topological polar surface area (TPSA) is 39.5 Å². The van der Waals surface area contributed by atoms with Gasteiger partial charge in [0.1, 0.15) is 0 Å². The van der Waals surface area contributed by atoms with E-state index in [4.69, 9.17) is 10.00 Å². The van der Waals surface area contributed by atoms with Crippen LogP contribution in [0.15, 0.2) is 24.3 Å². The Hall–Kier alpha value is -1.41.